The van der Waals surface area contributed by atoms with Crippen molar-refractivity contribution in [3.63, 3.8) is 0 Å². The van der Waals surface area contributed by atoms with E-state index >= 15 is 0 Å². The highest BCUT2D eigenvalue weighted by Crippen LogP contribution is 2.28. The Balaban J connectivity index is 1.42. The summed E-state index contributed by atoms with van der Waals surface area (Å²) in [6.45, 7) is 0.0888. The molecule has 0 aliphatic carbocycles. The highest BCUT2D eigenvalue weighted by Gasteiger charge is 2.19. The van der Waals surface area contributed by atoms with Gasteiger partial charge in [0.15, 0.2) is 5.76 Å². The average molecular weight is 383 g/mol. The molecule has 3 aromatic carbocycles. The molecule has 0 bridgehead atoms. The van der Waals surface area contributed by atoms with Crippen LogP contribution in [0.5, 0.6) is 0 Å². The summed E-state index contributed by atoms with van der Waals surface area (Å²) in [6.07, 6.45) is 0.261. The molecule has 144 valence electrons. The lowest BCUT2D eigenvalue weighted by Gasteiger charge is -2.17. The molecule has 4 rings (SSSR count). The first-order valence-electron chi connectivity index (χ1n) is 9.56. The number of hydrogen-bond acceptors (Lipinski definition) is 4. The second-order valence-electron chi connectivity index (χ2n) is 6.79. The maximum Gasteiger partial charge on any atom is 0.307 e. The van der Waals surface area contributed by atoms with Gasteiger partial charge in [0.05, 0.1) is 6.42 Å². The molecule has 0 aliphatic heterocycles. The smallest absolute Gasteiger partial charge is 0.307 e. The van der Waals surface area contributed by atoms with Crippen LogP contribution >= 0.6 is 0 Å². The van der Waals surface area contributed by atoms with Crippen LogP contribution < -0.4 is 0 Å². The number of hydrogen-bond donors (Lipinski definition) is 0. The van der Waals surface area contributed by atoms with Gasteiger partial charge in [-0.2, -0.15) is 0 Å². The molecule has 1 heterocycles. The lowest BCUT2D eigenvalue weighted by Crippen LogP contribution is -2.12. The fourth-order valence-corrected chi connectivity index (χ4v) is 3.30. The zero-order valence-electron chi connectivity index (χ0n) is 15.9. The Morgan fingerprint density at radius 1 is 0.828 bits per heavy atom. The highest BCUT2D eigenvalue weighted by atomic mass is 16.5. The number of aromatic nitrogens is 1. The standard InChI is InChI=1S/C25H21NO3/c27-25(28-18-22-16-24(29-26-22)21-14-8-3-9-15-21)17-23(19-10-4-1-5-11-19)20-12-6-2-7-13-20/h1-16,23H,17-18H2. The van der Waals surface area contributed by atoms with Crippen LogP contribution in [0.25, 0.3) is 11.3 Å². The predicted octanol–water partition coefficient (Wildman–Crippen LogP) is 5.61. The number of ether oxygens (including phenoxy) is 1. The van der Waals surface area contributed by atoms with Gasteiger partial charge in [0, 0.05) is 17.5 Å². The lowest BCUT2D eigenvalue weighted by molar-refractivity contribution is -0.145. The van der Waals surface area contributed by atoms with Crippen molar-refractivity contribution in [1.82, 2.24) is 5.16 Å². The van der Waals surface area contributed by atoms with Gasteiger partial charge >= 0.3 is 5.97 Å². The molecular weight excluding hydrogens is 362 g/mol. The van der Waals surface area contributed by atoms with E-state index in [1.807, 2.05) is 91.0 Å². The number of carbonyl (C=O) groups is 1. The molecule has 4 nitrogen and oxygen atoms in total. The van der Waals surface area contributed by atoms with Crippen molar-refractivity contribution < 1.29 is 14.1 Å². The van der Waals surface area contributed by atoms with Crippen LogP contribution in [-0.2, 0) is 16.1 Å². The van der Waals surface area contributed by atoms with E-state index in [4.69, 9.17) is 9.26 Å². The van der Waals surface area contributed by atoms with Crippen LogP contribution in [0.15, 0.2) is 102 Å². The van der Waals surface area contributed by atoms with E-state index in [2.05, 4.69) is 5.16 Å². The number of nitrogens with zero attached hydrogens (tertiary/aromatic N) is 1. The zero-order chi connectivity index (χ0) is 19.9. The summed E-state index contributed by atoms with van der Waals surface area (Å²) < 4.78 is 10.9. The summed E-state index contributed by atoms with van der Waals surface area (Å²) in [5, 5.41) is 4.01. The predicted molar refractivity (Wildman–Crippen MR) is 111 cm³/mol. The van der Waals surface area contributed by atoms with E-state index in [0.29, 0.717) is 11.5 Å². The minimum atomic E-state index is -0.271. The Kier molecular flexibility index (Phi) is 5.81. The van der Waals surface area contributed by atoms with Crippen LogP contribution in [0, 0.1) is 0 Å². The van der Waals surface area contributed by atoms with Gasteiger partial charge in [-0.05, 0) is 11.1 Å². The monoisotopic (exact) mass is 383 g/mol. The van der Waals surface area contributed by atoms with E-state index in [-0.39, 0.29) is 24.9 Å². The van der Waals surface area contributed by atoms with E-state index in [9.17, 15) is 4.79 Å². The Labute approximate surface area is 169 Å². The first-order valence-corrected chi connectivity index (χ1v) is 9.56. The third-order valence-corrected chi connectivity index (χ3v) is 4.77. The molecule has 0 N–H and O–H groups in total. The molecule has 0 aliphatic rings. The van der Waals surface area contributed by atoms with Gasteiger partial charge in [0.25, 0.3) is 0 Å². The number of carbonyl (C=O) groups excluding carboxylic acids is 1. The van der Waals surface area contributed by atoms with Crippen molar-refractivity contribution in [1.29, 1.82) is 0 Å². The summed E-state index contributed by atoms with van der Waals surface area (Å²) in [5.41, 5.74) is 3.70. The quantitative estimate of drug-likeness (QED) is 0.389. The summed E-state index contributed by atoms with van der Waals surface area (Å²) >= 11 is 0. The maximum atomic E-state index is 12.6. The minimum absolute atomic E-state index is 0.0536. The van der Waals surface area contributed by atoms with Crippen LogP contribution in [0.2, 0.25) is 0 Å². The highest BCUT2D eigenvalue weighted by molar-refractivity contribution is 5.71. The SMILES string of the molecule is O=C(CC(c1ccccc1)c1ccccc1)OCc1cc(-c2ccccc2)on1. The Hall–Kier alpha value is -3.66. The maximum absolute atomic E-state index is 12.6. The summed E-state index contributed by atoms with van der Waals surface area (Å²) in [4.78, 5) is 12.6. The zero-order valence-corrected chi connectivity index (χ0v) is 15.9. The third-order valence-electron chi connectivity index (χ3n) is 4.77. The largest absolute Gasteiger partial charge is 0.459 e. The molecule has 4 heteroatoms. The Bertz CT molecular complexity index is 1000. The molecule has 0 saturated heterocycles. The van der Waals surface area contributed by atoms with Crippen molar-refractivity contribution in [3.05, 3.63) is 114 Å². The van der Waals surface area contributed by atoms with E-state index in [1.165, 1.54) is 0 Å². The lowest BCUT2D eigenvalue weighted by atomic mass is 9.89. The Morgan fingerprint density at radius 2 is 1.38 bits per heavy atom. The van der Waals surface area contributed by atoms with E-state index < -0.39 is 0 Å². The van der Waals surface area contributed by atoms with Crippen LogP contribution in [0.3, 0.4) is 0 Å². The first kappa shape index (κ1) is 18.7. The van der Waals surface area contributed by atoms with Gasteiger partial charge < -0.3 is 9.26 Å². The minimum Gasteiger partial charge on any atom is -0.459 e. The average Bonchev–Trinajstić information content (AvgIpc) is 3.27. The number of benzene rings is 3. The van der Waals surface area contributed by atoms with Crippen molar-refractivity contribution in [2.45, 2.75) is 18.9 Å². The second kappa shape index (κ2) is 9.02. The second-order valence-corrected chi connectivity index (χ2v) is 6.79. The number of rotatable bonds is 7. The molecule has 4 aromatic rings. The van der Waals surface area contributed by atoms with Gasteiger partial charge in [-0.1, -0.05) is 96.2 Å². The van der Waals surface area contributed by atoms with Crippen LogP contribution in [0.4, 0.5) is 0 Å². The molecule has 0 atom stereocenters. The molecule has 0 unspecified atom stereocenters. The van der Waals surface area contributed by atoms with Gasteiger partial charge in [0.1, 0.15) is 12.3 Å². The molecule has 0 amide bonds. The van der Waals surface area contributed by atoms with Crippen LogP contribution in [0.1, 0.15) is 29.2 Å². The van der Waals surface area contributed by atoms with Gasteiger partial charge in [0.2, 0.25) is 0 Å². The fraction of sp³-hybridized carbons (Fsp3) is 0.120. The molecule has 1 aromatic heterocycles. The molecule has 0 saturated carbocycles. The summed E-state index contributed by atoms with van der Waals surface area (Å²) in [7, 11) is 0. The van der Waals surface area contributed by atoms with Gasteiger partial charge in [-0.15, -0.1) is 0 Å². The van der Waals surface area contributed by atoms with E-state index in [0.717, 1.165) is 16.7 Å². The normalized spacial score (nSPS) is 10.8. The van der Waals surface area contributed by atoms with Crippen molar-refractivity contribution in [2.24, 2.45) is 0 Å². The third kappa shape index (κ3) is 4.79. The van der Waals surface area contributed by atoms with Gasteiger partial charge in [-0.3, -0.25) is 4.79 Å². The topological polar surface area (TPSA) is 52.3 Å². The molecule has 29 heavy (non-hydrogen) atoms. The Morgan fingerprint density at radius 3 is 1.97 bits per heavy atom. The van der Waals surface area contributed by atoms with E-state index in [1.54, 1.807) is 6.07 Å². The molecule has 0 spiro atoms. The molecule has 0 radical (unpaired) electrons. The van der Waals surface area contributed by atoms with Crippen molar-refractivity contribution in [3.8, 4) is 11.3 Å². The van der Waals surface area contributed by atoms with Gasteiger partial charge in [-0.25, -0.2) is 0 Å². The first-order chi connectivity index (χ1) is 14.3. The van der Waals surface area contributed by atoms with Crippen molar-refractivity contribution >= 4 is 5.97 Å². The number of esters is 1. The fourth-order valence-electron chi connectivity index (χ4n) is 3.30. The van der Waals surface area contributed by atoms with Crippen LogP contribution in [-0.4, -0.2) is 11.1 Å². The van der Waals surface area contributed by atoms with Crippen molar-refractivity contribution in [2.75, 3.05) is 0 Å². The summed E-state index contributed by atoms with van der Waals surface area (Å²) in [5.74, 6) is 0.331. The molecular formula is C25H21NO3. The summed E-state index contributed by atoms with van der Waals surface area (Å²) in [6, 6.07) is 31.5. The molecule has 0 fully saturated rings.